The summed E-state index contributed by atoms with van der Waals surface area (Å²) in [5.41, 5.74) is 2.77. The summed E-state index contributed by atoms with van der Waals surface area (Å²) in [6, 6.07) is 6.78. The summed E-state index contributed by atoms with van der Waals surface area (Å²) < 4.78 is 1.25. The van der Waals surface area contributed by atoms with Crippen molar-refractivity contribution in [2.24, 2.45) is 0 Å². The van der Waals surface area contributed by atoms with E-state index in [1.807, 2.05) is 0 Å². The number of halogens is 1. The van der Waals surface area contributed by atoms with E-state index in [1.165, 1.54) is 48.0 Å². The number of nitrogens with zero attached hydrogens (tertiary/aromatic N) is 1. The van der Waals surface area contributed by atoms with E-state index < -0.39 is 0 Å². The quantitative estimate of drug-likeness (QED) is 0.808. The lowest BCUT2D eigenvalue weighted by Gasteiger charge is -2.16. The highest BCUT2D eigenvalue weighted by Gasteiger charge is 2.13. The predicted molar refractivity (Wildman–Crippen MR) is 80.7 cm³/mol. The van der Waals surface area contributed by atoms with E-state index in [1.54, 1.807) is 0 Å². The van der Waals surface area contributed by atoms with Crippen molar-refractivity contribution in [1.82, 2.24) is 10.2 Å². The Balaban J connectivity index is 1.91. The third-order valence-electron chi connectivity index (χ3n) is 3.47. The van der Waals surface area contributed by atoms with Crippen LogP contribution in [0.3, 0.4) is 0 Å². The van der Waals surface area contributed by atoms with Crippen molar-refractivity contribution in [3.63, 3.8) is 0 Å². The molecule has 1 heterocycles. The zero-order chi connectivity index (χ0) is 12.8. The van der Waals surface area contributed by atoms with Crippen LogP contribution in [0, 0.1) is 0 Å². The van der Waals surface area contributed by atoms with Crippen molar-refractivity contribution in [3.8, 4) is 0 Å². The molecule has 0 saturated carbocycles. The molecule has 0 radical (unpaired) electrons. The summed E-state index contributed by atoms with van der Waals surface area (Å²) in [6.07, 6.45) is 3.90. The highest BCUT2D eigenvalue weighted by molar-refractivity contribution is 9.10. The van der Waals surface area contributed by atoms with Gasteiger partial charge in [0.2, 0.25) is 0 Å². The molecule has 2 rings (SSSR count). The predicted octanol–water partition coefficient (Wildman–Crippen LogP) is 3.54. The van der Waals surface area contributed by atoms with Gasteiger partial charge in [-0.2, -0.15) is 0 Å². The Kier molecular flexibility index (Phi) is 5.67. The molecule has 1 aliphatic heterocycles. The molecule has 0 aliphatic carbocycles. The Labute approximate surface area is 119 Å². The first-order valence-electron chi connectivity index (χ1n) is 7.00. The van der Waals surface area contributed by atoms with E-state index in [0.717, 1.165) is 19.6 Å². The van der Waals surface area contributed by atoms with Crippen molar-refractivity contribution in [2.45, 2.75) is 39.3 Å². The van der Waals surface area contributed by atoms with Gasteiger partial charge in [0.25, 0.3) is 0 Å². The fourth-order valence-corrected chi connectivity index (χ4v) is 2.97. The molecular formula is C15H23BrN2. The molecule has 2 nitrogen and oxygen atoms in total. The molecule has 0 atom stereocenters. The molecule has 1 aliphatic rings. The average molecular weight is 311 g/mol. The van der Waals surface area contributed by atoms with E-state index >= 15 is 0 Å². The SMILES string of the molecule is CCCNCc1ccc(CN2CCCC2)c(Br)c1. The summed E-state index contributed by atoms with van der Waals surface area (Å²) >= 11 is 3.71. The first-order valence-corrected chi connectivity index (χ1v) is 7.79. The molecule has 0 spiro atoms. The maximum Gasteiger partial charge on any atom is 0.0244 e. The lowest BCUT2D eigenvalue weighted by molar-refractivity contribution is 0.331. The first kappa shape index (κ1) is 14.0. The van der Waals surface area contributed by atoms with E-state index in [0.29, 0.717) is 0 Å². The third kappa shape index (κ3) is 4.08. The Morgan fingerprint density at radius 3 is 2.72 bits per heavy atom. The molecule has 1 aromatic carbocycles. The van der Waals surface area contributed by atoms with Gasteiger partial charge < -0.3 is 5.32 Å². The minimum absolute atomic E-state index is 0.969. The van der Waals surface area contributed by atoms with Gasteiger partial charge in [0.1, 0.15) is 0 Å². The second-order valence-electron chi connectivity index (χ2n) is 5.09. The second-order valence-corrected chi connectivity index (χ2v) is 5.94. The number of rotatable bonds is 6. The topological polar surface area (TPSA) is 15.3 Å². The van der Waals surface area contributed by atoms with Crippen LogP contribution in [0.5, 0.6) is 0 Å². The number of nitrogens with one attached hydrogen (secondary N) is 1. The summed E-state index contributed by atoms with van der Waals surface area (Å²) in [6.45, 7) is 7.85. The van der Waals surface area contributed by atoms with Crippen molar-refractivity contribution in [3.05, 3.63) is 33.8 Å². The second kappa shape index (κ2) is 7.27. The molecule has 100 valence electrons. The van der Waals surface area contributed by atoms with Gasteiger partial charge >= 0.3 is 0 Å². The fourth-order valence-electron chi connectivity index (χ4n) is 2.42. The van der Waals surface area contributed by atoms with Gasteiger partial charge in [-0.3, -0.25) is 4.90 Å². The van der Waals surface area contributed by atoms with Crippen LogP contribution < -0.4 is 5.32 Å². The van der Waals surface area contributed by atoms with E-state index in [4.69, 9.17) is 0 Å². The van der Waals surface area contributed by atoms with Gasteiger partial charge in [-0.25, -0.2) is 0 Å². The molecule has 1 fully saturated rings. The molecule has 0 amide bonds. The Morgan fingerprint density at radius 2 is 2.06 bits per heavy atom. The number of hydrogen-bond donors (Lipinski definition) is 1. The van der Waals surface area contributed by atoms with Gasteiger partial charge in [0, 0.05) is 17.6 Å². The van der Waals surface area contributed by atoms with Crippen LogP contribution in [-0.4, -0.2) is 24.5 Å². The highest BCUT2D eigenvalue weighted by Crippen LogP contribution is 2.22. The van der Waals surface area contributed by atoms with Gasteiger partial charge in [-0.1, -0.05) is 35.0 Å². The van der Waals surface area contributed by atoms with E-state index in [2.05, 4.69) is 51.3 Å². The molecule has 18 heavy (non-hydrogen) atoms. The van der Waals surface area contributed by atoms with Crippen LogP contribution in [0.15, 0.2) is 22.7 Å². The maximum atomic E-state index is 3.71. The number of hydrogen-bond acceptors (Lipinski definition) is 2. The summed E-state index contributed by atoms with van der Waals surface area (Å²) in [5, 5.41) is 3.44. The van der Waals surface area contributed by atoms with E-state index in [9.17, 15) is 0 Å². The minimum atomic E-state index is 0.969. The van der Waals surface area contributed by atoms with Crippen LogP contribution in [0.4, 0.5) is 0 Å². The third-order valence-corrected chi connectivity index (χ3v) is 4.20. The van der Waals surface area contributed by atoms with Gasteiger partial charge in [-0.15, -0.1) is 0 Å². The van der Waals surface area contributed by atoms with E-state index in [-0.39, 0.29) is 0 Å². The molecule has 0 unspecified atom stereocenters. The summed E-state index contributed by atoms with van der Waals surface area (Å²) in [5.74, 6) is 0. The summed E-state index contributed by atoms with van der Waals surface area (Å²) in [7, 11) is 0. The van der Waals surface area contributed by atoms with Crippen molar-refractivity contribution in [2.75, 3.05) is 19.6 Å². The molecule has 0 bridgehead atoms. The lowest BCUT2D eigenvalue weighted by atomic mass is 10.1. The zero-order valence-electron chi connectivity index (χ0n) is 11.2. The molecule has 1 saturated heterocycles. The zero-order valence-corrected chi connectivity index (χ0v) is 12.8. The highest BCUT2D eigenvalue weighted by atomic mass is 79.9. The van der Waals surface area contributed by atoms with Gasteiger partial charge in [0.05, 0.1) is 0 Å². The Bertz CT molecular complexity index is 373. The monoisotopic (exact) mass is 310 g/mol. The van der Waals surface area contributed by atoms with Crippen LogP contribution in [0.1, 0.15) is 37.3 Å². The lowest BCUT2D eigenvalue weighted by Crippen LogP contribution is -2.19. The molecule has 3 heteroatoms. The minimum Gasteiger partial charge on any atom is -0.313 e. The largest absolute Gasteiger partial charge is 0.313 e. The molecular weight excluding hydrogens is 288 g/mol. The van der Waals surface area contributed by atoms with Crippen molar-refractivity contribution in [1.29, 1.82) is 0 Å². The van der Waals surface area contributed by atoms with Crippen LogP contribution >= 0.6 is 15.9 Å². The Hall–Kier alpha value is -0.380. The number of likely N-dealkylation sites (tertiary alicyclic amines) is 1. The van der Waals surface area contributed by atoms with Crippen LogP contribution in [-0.2, 0) is 13.1 Å². The van der Waals surface area contributed by atoms with Crippen LogP contribution in [0.2, 0.25) is 0 Å². The molecule has 0 aromatic heterocycles. The number of benzene rings is 1. The Morgan fingerprint density at radius 1 is 1.28 bits per heavy atom. The molecule has 1 aromatic rings. The van der Waals surface area contributed by atoms with Crippen LogP contribution in [0.25, 0.3) is 0 Å². The smallest absolute Gasteiger partial charge is 0.0244 e. The van der Waals surface area contributed by atoms with Gasteiger partial charge in [-0.05, 0) is 56.1 Å². The van der Waals surface area contributed by atoms with Gasteiger partial charge in [0.15, 0.2) is 0 Å². The first-order chi connectivity index (χ1) is 8.79. The van der Waals surface area contributed by atoms with Crippen molar-refractivity contribution >= 4 is 15.9 Å². The average Bonchev–Trinajstić information content (AvgIpc) is 2.86. The standard InChI is InChI=1S/C15H23BrN2/c1-2-7-17-11-13-5-6-14(15(16)10-13)12-18-8-3-4-9-18/h5-6,10,17H,2-4,7-9,11-12H2,1H3. The molecule has 1 N–H and O–H groups in total. The fraction of sp³-hybridized carbons (Fsp3) is 0.600. The van der Waals surface area contributed by atoms with Crippen molar-refractivity contribution < 1.29 is 0 Å². The normalized spacial score (nSPS) is 16.3. The maximum absolute atomic E-state index is 3.71. The summed E-state index contributed by atoms with van der Waals surface area (Å²) in [4.78, 5) is 2.54.